The van der Waals surface area contributed by atoms with E-state index in [4.69, 9.17) is 0 Å². The van der Waals surface area contributed by atoms with Gasteiger partial charge < -0.3 is 0 Å². The van der Waals surface area contributed by atoms with E-state index in [0.29, 0.717) is 30.7 Å². The lowest BCUT2D eigenvalue weighted by Gasteiger charge is -2.37. The van der Waals surface area contributed by atoms with Crippen LogP contribution in [0.2, 0.25) is 0 Å². The number of hydrogen-bond donors (Lipinski definition) is 0. The fourth-order valence-electron chi connectivity index (χ4n) is 2.52. The van der Waals surface area contributed by atoms with Crippen LogP contribution in [0.25, 0.3) is 0 Å². The van der Waals surface area contributed by atoms with E-state index in [1.807, 2.05) is 6.07 Å². The Balaban J connectivity index is 2.10. The van der Waals surface area contributed by atoms with Crippen LogP contribution in [0.3, 0.4) is 0 Å². The number of Topliss-reactive ketones (excluding diaryl/α,β-unsaturated/α-hetero) is 1. The fraction of sp³-hybridized carbons (Fsp3) is 0.500. The van der Waals surface area contributed by atoms with Gasteiger partial charge in [-0.2, -0.15) is 0 Å². The van der Waals surface area contributed by atoms with Gasteiger partial charge in [0.05, 0.1) is 0 Å². The number of benzene rings is 1. The Labute approximate surface area is 97.3 Å². The van der Waals surface area contributed by atoms with Crippen LogP contribution in [-0.2, 0) is 4.79 Å². The number of carbonyl (C=O) groups is 1. The van der Waals surface area contributed by atoms with Crippen LogP contribution in [-0.4, -0.2) is 23.3 Å². The normalized spacial score (nSPS) is 24.4. The van der Waals surface area contributed by atoms with Gasteiger partial charge in [-0.3, -0.25) is 9.69 Å². The van der Waals surface area contributed by atoms with Crippen molar-refractivity contribution >= 4 is 5.78 Å². The number of carbonyl (C=O) groups excluding carboxylic acids is 1. The van der Waals surface area contributed by atoms with Crippen molar-refractivity contribution in [3.63, 3.8) is 0 Å². The Hall–Kier alpha value is -1.15. The van der Waals surface area contributed by atoms with Gasteiger partial charge >= 0.3 is 0 Å². The third kappa shape index (κ3) is 2.33. The SMILES string of the molecule is CC(c1ccccc1)N1CCC(=O)C[C@@H]1C. The van der Waals surface area contributed by atoms with Crippen LogP contribution in [0.15, 0.2) is 30.3 Å². The predicted molar refractivity (Wildman–Crippen MR) is 65.3 cm³/mol. The third-order valence-corrected chi connectivity index (χ3v) is 3.52. The lowest BCUT2D eigenvalue weighted by molar-refractivity contribution is -0.123. The van der Waals surface area contributed by atoms with Gasteiger partial charge in [-0.1, -0.05) is 30.3 Å². The van der Waals surface area contributed by atoms with Crippen molar-refractivity contribution in [3.05, 3.63) is 35.9 Å². The minimum absolute atomic E-state index is 0.372. The van der Waals surface area contributed by atoms with Crippen molar-refractivity contribution < 1.29 is 4.79 Å². The molecule has 1 saturated heterocycles. The lowest BCUT2D eigenvalue weighted by atomic mass is 9.97. The summed E-state index contributed by atoms with van der Waals surface area (Å²) in [7, 11) is 0. The molecule has 0 bridgehead atoms. The molecule has 2 nitrogen and oxygen atoms in total. The largest absolute Gasteiger partial charge is 0.300 e. The second-order valence-electron chi connectivity index (χ2n) is 4.67. The summed E-state index contributed by atoms with van der Waals surface area (Å²) >= 11 is 0. The molecule has 2 atom stereocenters. The van der Waals surface area contributed by atoms with Crippen molar-refractivity contribution in [3.8, 4) is 0 Å². The molecule has 1 unspecified atom stereocenters. The van der Waals surface area contributed by atoms with Gasteiger partial charge in [-0.05, 0) is 19.4 Å². The topological polar surface area (TPSA) is 20.3 Å². The zero-order valence-electron chi connectivity index (χ0n) is 10.0. The van der Waals surface area contributed by atoms with E-state index in [1.165, 1.54) is 5.56 Å². The first-order chi connectivity index (χ1) is 7.68. The van der Waals surface area contributed by atoms with Crippen LogP contribution in [0.4, 0.5) is 0 Å². The maximum atomic E-state index is 11.4. The summed E-state index contributed by atoms with van der Waals surface area (Å²) in [5.41, 5.74) is 1.34. The fourth-order valence-corrected chi connectivity index (χ4v) is 2.52. The highest BCUT2D eigenvalue weighted by Gasteiger charge is 2.27. The van der Waals surface area contributed by atoms with Crippen molar-refractivity contribution in [1.29, 1.82) is 0 Å². The molecule has 0 aliphatic carbocycles. The van der Waals surface area contributed by atoms with E-state index in [-0.39, 0.29) is 0 Å². The quantitative estimate of drug-likeness (QED) is 0.759. The second-order valence-corrected chi connectivity index (χ2v) is 4.67. The van der Waals surface area contributed by atoms with Crippen molar-refractivity contribution in [2.75, 3.05) is 6.54 Å². The third-order valence-electron chi connectivity index (χ3n) is 3.52. The number of ketones is 1. The molecule has 16 heavy (non-hydrogen) atoms. The second kappa shape index (κ2) is 4.79. The van der Waals surface area contributed by atoms with Gasteiger partial charge in [0, 0.05) is 31.5 Å². The van der Waals surface area contributed by atoms with E-state index in [0.717, 1.165) is 6.54 Å². The molecular formula is C14H19NO. The molecule has 1 heterocycles. The molecule has 1 aliphatic rings. The molecule has 1 aliphatic heterocycles. The Kier molecular flexibility index (Phi) is 3.39. The van der Waals surface area contributed by atoms with Crippen LogP contribution < -0.4 is 0 Å². The van der Waals surface area contributed by atoms with Gasteiger partial charge in [-0.15, -0.1) is 0 Å². The van der Waals surface area contributed by atoms with Crippen molar-refractivity contribution in [2.24, 2.45) is 0 Å². The molecule has 0 aromatic heterocycles. The molecule has 0 saturated carbocycles. The highest BCUT2D eigenvalue weighted by Crippen LogP contribution is 2.26. The predicted octanol–water partition coefficient (Wildman–Crippen LogP) is 2.80. The van der Waals surface area contributed by atoms with Crippen LogP contribution in [0.5, 0.6) is 0 Å². The molecular weight excluding hydrogens is 198 g/mol. The van der Waals surface area contributed by atoms with Crippen LogP contribution >= 0.6 is 0 Å². The van der Waals surface area contributed by atoms with Crippen molar-refractivity contribution in [2.45, 2.75) is 38.8 Å². The van der Waals surface area contributed by atoms with E-state index >= 15 is 0 Å². The highest BCUT2D eigenvalue weighted by atomic mass is 16.1. The first kappa shape index (κ1) is 11.3. The molecule has 0 radical (unpaired) electrons. The molecule has 2 heteroatoms. The molecule has 0 amide bonds. The molecule has 1 aromatic carbocycles. The van der Waals surface area contributed by atoms with E-state index < -0.39 is 0 Å². The number of rotatable bonds is 2. The Morgan fingerprint density at radius 3 is 2.62 bits per heavy atom. The summed E-state index contributed by atoms with van der Waals surface area (Å²) in [5, 5.41) is 0. The Bertz CT molecular complexity index is 360. The van der Waals surface area contributed by atoms with Gasteiger partial charge in [0.25, 0.3) is 0 Å². The smallest absolute Gasteiger partial charge is 0.135 e. The van der Waals surface area contributed by atoms with E-state index in [2.05, 4.69) is 43.0 Å². The maximum Gasteiger partial charge on any atom is 0.135 e. The number of piperidine rings is 1. The summed E-state index contributed by atoms with van der Waals surface area (Å²) in [6.45, 7) is 5.27. The summed E-state index contributed by atoms with van der Waals surface area (Å²) < 4.78 is 0. The van der Waals surface area contributed by atoms with Crippen LogP contribution in [0, 0.1) is 0 Å². The molecule has 0 N–H and O–H groups in total. The standard InChI is InChI=1S/C14H19NO/c1-11-10-14(16)8-9-15(11)12(2)13-6-4-3-5-7-13/h3-7,11-12H,8-10H2,1-2H3/t11-,12?/m0/s1. The first-order valence-electron chi connectivity index (χ1n) is 6.01. The van der Waals surface area contributed by atoms with E-state index in [9.17, 15) is 4.79 Å². The monoisotopic (exact) mass is 217 g/mol. The van der Waals surface area contributed by atoms with Gasteiger partial charge in [0.15, 0.2) is 0 Å². The van der Waals surface area contributed by atoms with Gasteiger partial charge in [0.1, 0.15) is 5.78 Å². The number of hydrogen-bond acceptors (Lipinski definition) is 2. The zero-order chi connectivity index (χ0) is 11.5. The minimum Gasteiger partial charge on any atom is -0.300 e. The first-order valence-corrected chi connectivity index (χ1v) is 6.01. The zero-order valence-corrected chi connectivity index (χ0v) is 10.0. The van der Waals surface area contributed by atoms with Crippen LogP contribution in [0.1, 0.15) is 38.3 Å². The lowest BCUT2D eigenvalue weighted by Crippen LogP contribution is -2.42. The van der Waals surface area contributed by atoms with Gasteiger partial charge in [0.2, 0.25) is 0 Å². The van der Waals surface area contributed by atoms with Gasteiger partial charge in [-0.25, -0.2) is 0 Å². The molecule has 2 rings (SSSR count). The summed E-state index contributed by atoms with van der Waals surface area (Å²) in [4.78, 5) is 13.8. The highest BCUT2D eigenvalue weighted by molar-refractivity contribution is 5.79. The number of nitrogens with zero attached hydrogens (tertiary/aromatic N) is 1. The summed E-state index contributed by atoms with van der Waals surface area (Å²) in [5.74, 6) is 0.406. The van der Waals surface area contributed by atoms with Crippen molar-refractivity contribution in [1.82, 2.24) is 4.90 Å². The molecule has 1 fully saturated rings. The Morgan fingerprint density at radius 2 is 2.00 bits per heavy atom. The average Bonchev–Trinajstić information content (AvgIpc) is 2.29. The molecule has 1 aromatic rings. The molecule has 86 valence electrons. The minimum atomic E-state index is 0.372. The Morgan fingerprint density at radius 1 is 1.31 bits per heavy atom. The maximum absolute atomic E-state index is 11.4. The van der Waals surface area contributed by atoms with E-state index in [1.54, 1.807) is 0 Å². The summed E-state index contributed by atoms with van der Waals surface area (Å²) in [6, 6.07) is 11.3. The molecule has 0 spiro atoms. The summed E-state index contributed by atoms with van der Waals surface area (Å²) in [6.07, 6.45) is 1.42. The number of likely N-dealkylation sites (tertiary alicyclic amines) is 1. The average molecular weight is 217 g/mol.